The molecule has 2 atom stereocenters. The van der Waals surface area contributed by atoms with Gasteiger partial charge in [-0.1, -0.05) is 12.1 Å². The predicted molar refractivity (Wildman–Crippen MR) is 82.9 cm³/mol. The Morgan fingerprint density at radius 1 is 1.45 bits per heavy atom. The van der Waals surface area contributed by atoms with Gasteiger partial charge in [-0.25, -0.2) is 9.37 Å². The second kappa shape index (κ2) is 7.03. The molecule has 1 N–H and O–H groups in total. The molecule has 4 nitrogen and oxygen atoms in total. The smallest absolute Gasteiger partial charge is 0.123 e. The van der Waals surface area contributed by atoms with E-state index >= 15 is 0 Å². The van der Waals surface area contributed by atoms with E-state index in [0.717, 1.165) is 43.9 Å². The molecule has 0 radical (unpaired) electrons. The number of likely N-dealkylation sites (tertiary alicyclic amines) is 1. The number of rotatable bonds is 5. The number of nitrogens with zero attached hydrogens (tertiary/aromatic N) is 2. The van der Waals surface area contributed by atoms with Crippen LogP contribution in [0.3, 0.4) is 0 Å². The summed E-state index contributed by atoms with van der Waals surface area (Å²) < 4.78 is 19.0. The minimum atomic E-state index is -0.172. The number of ether oxygens (including phenoxy) is 1. The Morgan fingerprint density at radius 2 is 2.36 bits per heavy atom. The lowest BCUT2D eigenvalue weighted by Gasteiger charge is -2.37. The minimum Gasteiger partial charge on any atom is -0.381 e. The zero-order valence-electron chi connectivity index (χ0n) is 12.8. The molecule has 1 saturated heterocycles. The molecule has 1 aliphatic heterocycles. The summed E-state index contributed by atoms with van der Waals surface area (Å²) in [6, 6.07) is 6.87. The van der Waals surface area contributed by atoms with E-state index in [1.54, 1.807) is 25.4 Å². The van der Waals surface area contributed by atoms with Crippen molar-refractivity contribution in [2.75, 3.05) is 20.2 Å². The molecule has 1 aromatic heterocycles. The number of halogens is 1. The van der Waals surface area contributed by atoms with E-state index < -0.39 is 0 Å². The average molecular weight is 303 g/mol. The van der Waals surface area contributed by atoms with Gasteiger partial charge >= 0.3 is 0 Å². The van der Waals surface area contributed by atoms with Gasteiger partial charge in [0.2, 0.25) is 0 Å². The first-order valence-electron chi connectivity index (χ1n) is 7.72. The normalized spacial score (nSPS) is 22.8. The SMILES string of the molecule is CO[C@H]1CCN(Cc2ncc[nH]2)C[C@H]1Cc1cccc(F)c1. The van der Waals surface area contributed by atoms with Gasteiger partial charge < -0.3 is 9.72 Å². The van der Waals surface area contributed by atoms with Gasteiger partial charge in [-0.15, -0.1) is 0 Å². The highest BCUT2D eigenvalue weighted by Gasteiger charge is 2.29. The van der Waals surface area contributed by atoms with Gasteiger partial charge in [0.25, 0.3) is 0 Å². The van der Waals surface area contributed by atoms with E-state index in [0.29, 0.717) is 5.92 Å². The number of H-pyrrole nitrogens is 1. The molecule has 0 spiro atoms. The molecule has 3 rings (SSSR count). The monoisotopic (exact) mass is 303 g/mol. The average Bonchev–Trinajstić information content (AvgIpc) is 3.01. The molecule has 0 saturated carbocycles. The summed E-state index contributed by atoms with van der Waals surface area (Å²) in [7, 11) is 1.77. The first-order chi connectivity index (χ1) is 10.7. The van der Waals surface area contributed by atoms with Crippen LogP contribution in [0.25, 0.3) is 0 Å². The van der Waals surface area contributed by atoms with E-state index in [1.807, 2.05) is 12.3 Å². The first kappa shape index (κ1) is 15.2. The van der Waals surface area contributed by atoms with Crippen molar-refractivity contribution in [1.29, 1.82) is 0 Å². The van der Waals surface area contributed by atoms with Crippen molar-refractivity contribution in [3.63, 3.8) is 0 Å². The highest BCUT2D eigenvalue weighted by Crippen LogP contribution is 2.24. The fourth-order valence-electron chi connectivity index (χ4n) is 3.30. The zero-order chi connectivity index (χ0) is 15.4. The van der Waals surface area contributed by atoms with Crippen LogP contribution in [-0.2, 0) is 17.7 Å². The third-order valence-electron chi connectivity index (χ3n) is 4.37. The standard InChI is InChI=1S/C17H22FN3O/c1-22-16-5-8-21(12-17-19-6-7-20-17)11-14(16)9-13-3-2-4-15(18)10-13/h2-4,6-7,10,14,16H,5,8-9,11-12H2,1H3,(H,19,20)/t14-,16+/m1/s1. The first-order valence-corrected chi connectivity index (χ1v) is 7.72. The summed E-state index contributed by atoms with van der Waals surface area (Å²) in [5.41, 5.74) is 1.03. The summed E-state index contributed by atoms with van der Waals surface area (Å²) in [6.45, 7) is 2.76. The fourth-order valence-corrected chi connectivity index (χ4v) is 3.30. The van der Waals surface area contributed by atoms with Gasteiger partial charge in [-0.05, 0) is 30.5 Å². The third kappa shape index (κ3) is 3.72. The number of imidazole rings is 1. The van der Waals surface area contributed by atoms with Crippen molar-refractivity contribution < 1.29 is 9.13 Å². The zero-order valence-corrected chi connectivity index (χ0v) is 12.8. The highest BCUT2D eigenvalue weighted by atomic mass is 19.1. The Labute approximate surface area is 130 Å². The number of nitrogens with one attached hydrogen (secondary N) is 1. The van der Waals surface area contributed by atoms with Crippen molar-refractivity contribution in [2.45, 2.75) is 25.5 Å². The molecule has 1 aromatic carbocycles. The van der Waals surface area contributed by atoms with Crippen molar-refractivity contribution in [1.82, 2.24) is 14.9 Å². The maximum Gasteiger partial charge on any atom is 0.123 e. The second-order valence-corrected chi connectivity index (χ2v) is 5.93. The Bertz CT molecular complexity index is 587. The van der Waals surface area contributed by atoms with Crippen molar-refractivity contribution in [2.24, 2.45) is 5.92 Å². The molecule has 2 heterocycles. The van der Waals surface area contributed by atoms with Crippen LogP contribution in [0, 0.1) is 11.7 Å². The Morgan fingerprint density at radius 3 is 3.09 bits per heavy atom. The summed E-state index contributed by atoms with van der Waals surface area (Å²) in [4.78, 5) is 9.83. The largest absolute Gasteiger partial charge is 0.381 e. The number of benzene rings is 1. The molecule has 22 heavy (non-hydrogen) atoms. The molecule has 5 heteroatoms. The summed E-state index contributed by atoms with van der Waals surface area (Å²) >= 11 is 0. The van der Waals surface area contributed by atoms with Gasteiger partial charge in [0.1, 0.15) is 11.6 Å². The molecule has 0 unspecified atom stereocenters. The van der Waals surface area contributed by atoms with E-state index in [-0.39, 0.29) is 11.9 Å². The van der Waals surface area contributed by atoms with Crippen LogP contribution in [0.2, 0.25) is 0 Å². The quantitative estimate of drug-likeness (QED) is 0.923. The molecular formula is C17H22FN3O. The molecule has 0 bridgehead atoms. The Balaban J connectivity index is 1.66. The number of aromatic nitrogens is 2. The summed E-state index contributed by atoms with van der Waals surface area (Å²) in [6.07, 6.45) is 5.70. The minimum absolute atomic E-state index is 0.172. The van der Waals surface area contributed by atoms with E-state index in [9.17, 15) is 4.39 Å². The highest BCUT2D eigenvalue weighted by molar-refractivity contribution is 5.17. The van der Waals surface area contributed by atoms with Gasteiger partial charge in [0, 0.05) is 38.5 Å². The van der Waals surface area contributed by atoms with Crippen molar-refractivity contribution in [3.8, 4) is 0 Å². The molecule has 2 aromatic rings. The molecule has 1 aliphatic rings. The van der Waals surface area contributed by atoms with Gasteiger partial charge in [0.15, 0.2) is 0 Å². The molecular weight excluding hydrogens is 281 g/mol. The topological polar surface area (TPSA) is 41.1 Å². The van der Waals surface area contributed by atoms with Crippen LogP contribution in [-0.4, -0.2) is 41.2 Å². The van der Waals surface area contributed by atoms with Crippen LogP contribution < -0.4 is 0 Å². The maximum atomic E-state index is 13.4. The molecule has 0 amide bonds. The lowest BCUT2D eigenvalue weighted by molar-refractivity contribution is -0.00906. The van der Waals surface area contributed by atoms with Crippen LogP contribution in [0.5, 0.6) is 0 Å². The Hall–Kier alpha value is -1.72. The summed E-state index contributed by atoms with van der Waals surface area (Å²) in [5.74, 6) is 1.19. The molecule has 118 valence electrons. The number of hydrogen-bond acceptors (Lipinski definition) is 3. The van der Waals surface area contributed by atoms with Gasteiger partial charge in [0.05, 0.1) is 12.6 Å². The van der Waals surface area contributed by atoms with Crippen molar-refractivity contribution in [3.05, 3.63) is 53.9 Å². The van der Waals surface area contributed by atoms with E-state index in [2.05, 4.69) is 14.9 Å². The number of hydrogen-bond donors (Lipinski definition) is 1. The van der Waals surface area contributed by atoms with E-state index in [4.69, 9.17) is 4.74 Å². The van der Waals surface area contributed by atoms with Crippen LogP contribution in [0.4, 0.5) is 4.39 Å². The van der Waals surface area contributed by atoms with Gasteiger partial charge in [-0.3, -0.25) is 4.90 Å². The number of piperidine rings is 1. The summed E-state index contributed by atoms with van der Waals surface area (Å²) in [5, 5.41) is 0. The van der Waals surface area contributed by atoms with Gasteiger partial charge in [-0.2, -0.15) is 0 Å². The van der Waals surface area contributed by atoms with Crippen LogP contribution >= 0.6 is 0 Å². The molecule has 1 fully saturated rings. The van der Waals surface area contributed by atoms with E-state index in [1.165, 1.54) is 6.07 Å². The molecule has 0 aliphatic carbocycles. The van der Waals surface area contributed by atoms with Crippen LogP contribution in [0.1, 0.15) is 17.8 Å². The lowest BCUT2D eigenvalue weighted by atomic mass is 9.88. The third-order valence-corrected chi connectivity index (χ3v) is 4.37. The van der Waals surface area contributed by atoms with Crippen molar-refractivity contribution >= 4 is 0 Å². The lowest BCUT2D eigenvalue weighted by Crippen LogP contribution is -2.44. The predicted octanol–water partition coefficient (Wildman–Crippen LogP) is 2.63. The second-order valence-electron chi connectivity index (χ2n) is 5.93. The van der Waals surface area contributed by atoms with Crippen LogP contribution in [0.15, 0.2) is 36.7 Å². The fraction of sp³-hybridized carbons (Fsp3) is 0.471. The maximum absolute atomic E-state index is 13.4. The number of methoxy groups -OCH3 is 1. The Kier molecular flexibility index (Phi) is 4.85. The number of aromatic amines is 1.